The summed E-state index contributed by atoms with van der Waals surface area (Å²) in [6, 6.07) is 8.27. The molecule has 2 aliphatic heterocycles. The monoisotopic (exact) mass is 332 g/mol. The van der Waals surface area contributed by atoms with Crippen molar-refractivity contribution in [3.05, 3.63) is 24.3 Å². The van der Waals surface area contributed by atoms with Crippen molar-refractivity contribution in [2.75, 3.05) is 42.9 Å². The summed E-state index contributed by atoms with van der Waals surface area (Å²) in [5.74, 6) is 0.0806. The Labute approximate surface area is 145 Å². The van der Waals surface area contributed by atoms with E-state index in [1.165, 1.54) is 29.8 Å². The molecular formula is C19H30N3O2+. The first kappa shape index (κ1) is 17.2. The van der Waals surface area contributed by atoms with E-state index in [2.05, 4.69) is 36.2 Å². The molecule has 2 heterocycles. The molecule has 24 heavy (non-hydrogen) atoms. The van der Waals surface area contributed by atoms with E-state index in [9.17, 15) is 4.79 Å². The van der Waals surface area contributed by atoms with E-state index in [4.69, 9.17) is 4.74 Å². The molecule has 0 saturated carbocycles. The van der Waals surface area contributed by atoms with Crippen LogP contribution in [0.25, 0.3) is 0 Å². The van der Waals surface area contributed by atoms with Gasteiger partial charge < -0.3 is 19.9 Å². The number of nitrogens with one attached hydrogen (secondary N) is 2. The highest BCUT2D eigenvalue weighted by atomic mass is 16.5. The van der Waals surface area contributed by atoms with Crippen molar-refractivity contribution in [2.24, 2.45) is 0 Å². The van der Waals surface area contributed by atoms with Gasteiger partial charge in [0.1, 0.15) is 25.3 Å². The summed E-state index contributed by atoms with van der Waals surface area (Å²) in [5, 5.41) is 3.03. The first-order valence-corrected chi connectivity index (χ1v) is 9.24. The molecule has 2 saturated heterocycles. The third-order valence-corrected chi connectivity index (χ3v) is 4.90. The molecule has 0 spiro atoms. The normalized spacial score (nSPS) is 27.8. The topological polar surface area (TPSA) is 46.0 Å². The maximum atomic E-state index is 12.3. The zero-order valence-electron chi connectivity index (χ0n) is 14.9. The second-order valence-corrected chi connectivity index (χ2v) is 7.24. The first-order valence-electron chi connectivity index (χ1n) is 9.24. The predicted octanol–water partition coefficient (Wildman–Crippen LogP) is 1.31. The molecule has 1 amide bonds. The lowest BCUT2D eigenvalue weighted by molar-refractivity contribution is -0.907. The Balaban J connectivity index is 1.50. The Morgan fingerprint density at radius 2 is 1.75 bits per heavy atom. The Morgan fingerprint density at radius 3 is 2.38 bits per heavy atom. The molecule has 2 fully saturated rings. The number of morpholine rings is 1. The lowest BCUT2D eigenvalue weighted by Crippen LogP contribution is -3.16. The van der Waals surface area contributed by atoms with Crippen LogP contribution in [0.1, 0.15) is 33.1 Å². The van der Waals surface area contributed by atoms with E-state index in [0.29, 0.717) is 6.54 Å². The summed E-state index contributed by atoms with van der Waals surface area (Å²) in [6.45, 7) is 8.73. The van der Waals surface area contributed by atoms with Crippen LogP contribution >= 0.6 is 0 Å². The number of ether oxygens (including phenoxy) is 1. The second kappa shape index (κ2) is 7.99. The minimum Gasteiger partial charge on any atom is -0.372 e. The highest BCUT2D eigenvalue weighted by molar-refractivity contribution is 5.91. The van der Waals surface area contributed by atoms with Gasteiger partial charge in [0, 0.05) is 24.5 Å². The summed E-state index contributed by atoms with van der Waals surface area (Å²) in [5.41, 5.74) is 2.14. The van der Waals surface area contributed by atoms with E-state index < -0.39 is 0 Å². The third-order valence-electron chi connectivity index (χ3n) is 4.90. The minimum absolute atomic E-state index is 0.0806. The number of rotatable bonds is 4. The molecule has 3 atom stereocenters. The second-order valence-electron chi connectivity index (χ2n) is 7.24. The molecule has 5 heteroatoms. The number of piperidine rings is 1. The molecule has 1 aromatic carbocycles. The minimum atomic E-state index is 0.0806. The van der Waals surface area contributed by atoms with E-state index in [1.54, 1.807) is 0 Å². The summed E-state index contributed by atoms with van der Waals surface area (Å²) >= 11 is 0. The Hall–Kier alpha value is -1.59. The van der Waals surface area contributed by atoms with Crippen LogP contribution in [0.3, 0.4) is 0 Å². The number of benzene rings is 1. The number of quaternary nitrogens is 1. The van der Waals surface area contributed by atoms with Gasteiger partial charge in [0.15, 0.2) is 6.54 Å². The number of carbonyl (C=O) groups excluding carboxylic acids is 1. The van der Waals surface area contributed by atoms with Gasteiger partial charge in [0.05, 0.1) is 0 Å². The molecule has 2 aliphatic rings. The van der Waals surface area contributed by atoms with E-state index >= 15 is 0 Å². The van der Waals surface area contributed by atoms with Crippen molar-refractivity contribution in [1.82, 2.24) is 0 Å². The van der Waals surface area contributed by atoms with Gasteiger partial charge >= 0.3 is 0 Å². The van der Waals surface area contributed by atoms with Gasteiger partial charge in [0.25, 0.3) is 5.91 Å². The fourth-order valence-corrected chi connectivity index (χ4v) is 3.87. The van der Waals surface area contributed by atoms with Gasteiger partial charge in [-0.2, -0.15) is 0 Å². The average Bonchev–Trinajstić information content (AvgIpc) is 2.55. The largest absolute Gasteiger partial charge is 0.372 e. The number of anilines is 2. The summed E-state index contributed by atoms with van der Waals surface area (Å²) in [4.78, 5) is 16.0. The van der Waals surface area contributed by atoms with Crippen LogP contribution in [0.2, 0.25) is 0 Å². The molecular weight excluding hydrogens is 302 g/mol. The van der Waals surface area contributed by atoms with Crippen LogP contribution in [0.5, 0.6) is 0 Å². The van der Waals surface area contributed by atoms with Crippen molar-refractivity contribution in [2.45, 2.75) is 45.3 Å². The standard InChI is InChI=1S/C19H29N3O2/c1-15-12-21(13-16(2)24-15)14-19(23)20-17-6-8-18(9-7-17)22-10-4-3-5-11-22/h6-9,15-16H,3-5,10-14H2,1-2H3,(H,20,23)/p+1/t15-,16+. The summed E-state index contributed by atoms with van der Waals surface area (Å²) in [7, 11) is 0. The molecule has 0 bridgehead atoms. The van der Waals surface area contributed by atoms with Crippen LogP contribution in [0.4, 0.5) is 11.4 Å². The first-order chi connectivity index (χ1) is 11.6. The molecule has 0 aromatic heterocycles. The van der Waals surface area contributed by atoms with Gasteiger partial charge in [-0.05, 0) is 57.4 Å². The van der Waals surface area contributed by atoms with Crippen molar-refractivity contribution >= 4 is 17.3 Å². The van der Waals surface area contributed by atoms with Crippen LogP contribution in [-0.2, 0) is 9.53 Å². The molecule has 1 aromatic rings. The zero-order chi connectivity index (χ0) is 16.9. The smallest absolute Gasteiger partial charge is 0.279 e. The SMILES string of the molecule is C[C@@H]1C[NH+](CC(=O)Nc2ccc(N3CCCCC3)cc2)C[C@H](C)O1. The Kier molecular flexibility index (Phi) is 5.74. The van der Waals surface area contributed by atoms with Crippen LogP contribution in [-0.4, -0.2) is 50.8 Å². The molecule has 1 unspecified atom stereocenters. The summed E-state index contributed by atoms with van der Waals surface area (Å²) < 4.78 is 5.73. The maximum Gasteiger partial charge on any atom is 0.279 e. The molecule has 0 aliphatic carbocycles. The molecule has 0 radical (unpaired) electrons. The lowest BCUT2D eigenvalue weighted by atomic mass is 10.1. The van der Waals surface area contributed by atoms with Crippen LogP contribution in [0, 0.1) is 0 Å². The van der Waals surface area contributed by atoms with Crippen molar-refractivity contribution in [3.63, 3.8) is 0 Å². The van der Waals surface area contributed by atoms with Gasteiger partial charge in [-0.1, -0.05) is 0 Å². The van der Waals surface area contributed by atoms with Gasteiger partial charge in [-0.25, -0.2) is 0 Å². The fraction of sp³-hybridized carbons (Fsp3) is 0.632. The predicted molar refractivity (Wildman–Crippen MR) is 96.7 cm³/mol. The Bertz CT molecular complexity index is 530. The Morgan fingerprint density at radius 1 is 1.12 bits per heavy atom. The summed E-state index contributed by atoms with van der Waals surface area (Å²) in [6.07, 6.45) is 4.34. The highest BCUT2D eigenvalue weighted by Crippen LogP contribution is 2.21. The molecule has 132 valence electrons. The number of amides is 1. The number of hydrogen-bond acceptors (Lipinski definition) is 3. The van der Waals surface area contributed by atoms with E-state index in [-0.39, 0.29) is 18.1 Å². The third kappa shape index (κ3) is 4.71. The van der Waals surface area contributed by atoms with E-state index in [1.807, 2.05) is 12.1 Å². The molecule has 5 nitrogen and oxygen atoms in total. The van der Waals surface area contributed by atoms with Crippen molar-refractivity contribution < 1.29 is 14.4 Å². The van der Waals surface area contributed by atoms with E-state index in [0.717, 1.165) is 31.9 Å². The lowest BCUT2D eigenvalue weighted by Gasteiger charge is -2.32. The molecule has 2 N–H and O–H groups in total. The number of hydrogen-bond donors (Lipinski definition) is 2. The average molecular weight is 332 g/mol. The van der Waals surface area contributed by atoms with Gasteiger partial charge in [0.2, 0.25) is 0 Å². The number of carbonyl (C=O) groups is 1. The number of nitrogens with zero attached hydrogens (tertiary/aromatic N) is 1. The van der Waals surface area contributed by atoms with Gasteiger partial charge in [-0.3, -0.25) is 4.79 Å². The highest BCUT2D eigenvalue weighted by Gasteiger charge is 2.27. The van der Waals surface area contributed by atoms with Crippen molar-refractivity contribution in [1.29, 1.82) is 0 Å². The molecule has 3 rings (SSSR count). The van der Waals surface area contributed by atoms with Gasteiger partial charge in [-0.15, -0.1) is 0 Å². The van der Waals surface area contributed by atoms with Crippen molar-refractivity contribution in [3.8, 4) is 0 Å². The van der Waals surface area contributed by atoms with Crippen LogP contribution < -0.4 is 15.1 Å². The van der Waals surface area contributed by atoms with Crippen LogP contribution in [0.15, 0.2) is 24.3 Å². The fourth-order valence-electron chi connectivity index (χ4n) is 3.87. The maximum absolute atomic E-state index is 12.3. The zero-order valence-corrected chi connectivity index (χ0v) is 14.9. The quantitative estimate of drug-likeness (QED) is 0.874.